The van der Waals surface area contributed by atoms with Crippen LogP contribution in [0.25, 0.3) is 0 Å². The normalized spacial score (nSPS) is 30.9. The van der Waals surface area contributed by atoms with E-state index in [1.165, 1.54) is 11.3 Å². The van der Waals surface area contributed by atoms with Crippen molar-refractivity contribution < 1.29 is 9.59 Å². The Morgan fingerprint density at radius 2 is 1.92 bits per heavy atom. The van der Waals surface area contributed by atoms with Crippen molar-refractivity contribution in [1.82, 2.24) is 10.3 Å². The number of thiazole rings is 1. The van der Waals surface area contributed by atoms with E-state index in [-0.39, 0.29) is 40.9 Å². The molecule has 0 unspecified atom stereocenters. The Balaban J connectivity index is 1.56. The molecule has 5 nitrogen and oxygen atoms in total. The molecule has 25 heavy (non-hydrogen) atoms. The lowest BCUT2D eigenvalue weighted by Crippen LogP contribution is -2.42. The summed E-state index contributed by atoms with van der Waals surface area (Å²) in [6.45, 7) is 4.80. The monoisotopic (exact) mass is 423 g/mol. The molecule has 4 rings (SSSR count). The number of nitrogens with one attached hydrogen (secondary N) is 2. The molecule has 0 saturated heterocycles. The molecule has 2 bridgehead atoms. The summed E-state index contributed by atoms with van der Waals surface area (Å²) in [6, 6.07) is 0. The smallest absolute Gasteiger partial charge is 0.230 e. The van der Waals surface area contributed by atoms with E-state index in [4.69, 9.17) is 0 Å². The van der Waals surface area contributed by atoms with Crippen molar-refractivity contribution in [2.45, 2.75) is 26.7 Å². The summed E-state index contributed by atoms with van der Waals surface area (Å²) in [5, 5.41) is 6.56. The van der Waals surface area contributed by atoms with Gasteiger partial charge in [-0.1, -0.05) is 37.3 Å². The van der Waals surface area contributed by atoms with Crippen LogP contribution in [0.2, 0.25) is 0 Å². The first-order chi connectivity index (χ1) is 11.9. The largest absolute Gasteiger partial charge is 0.356 e. The fourth-order valence-electron chi connectivity index (χ4n) is 4.63. The number of aromatic nitrogens is 1. The van der Waals surface area contributed by atoms with Crippen LogP contribution in [0.4, 0.5) is 5.13 Å². The SMILES string of the molecule is CC(C)CNC(=O)[C@H]1[C@H](C(=O)Nc2ncc(Br)s2)[C@@H]2C=C[C@H]1C21CC1. The Kier molecular flexibility index (Phi) is 4.27. The molecule has 3 aliphatic carbocycles. The van der Waals surface area contributed by atoms with Gasteiger partial charge < -0.3 is 10.6 Å². The molecular weight excluding hydrogens is 402 g/mol. The van der Waals surface area contributed by atoms with Crippen molar-refractivity contribution in [3.63, 3.8) is 0 Å². The molecule has 1 aromatic rings. The highest BCUT2D eigenvalue weighted by Gasteiger charge is 2.69. The maximum atomic E-state index is 13.0. The van der Waals surface area contributed by atoms with Crippen molar-refractivity contribution in [3.8, 4) is 0 Å². The van der Waals surface area contributed by atoms with E-state index < -0.39 is 0 Å². The third-order valence-electron chi connectivity index (χ3n) is 5.84. The summed E-state index contributed by atoms with van der Waals surface area (Å²) in [4.78, 5) is 30.1. The van der Waals surface area contributed by atoms with Crippen molar-refractivity contribution in [2.24, 2.45) is 35.0 Å². The molecule has 0 aliphatic heterocycles. The second-order valence-corrected chi connectivity index (χ2v) is 10.2. The lowest BCUT2D eigenvalue weighted by Gasteiger charge is -2.26. The summed E-state index contributed by atoms with van der Waals surface area (Å²) in [5.41, 5.74) is 0.158. The summed E-state index contributed by atoms with van der Waals surface area (Å²) in [6.07, 6.45) is 8.27. The van der Waals surface area contributed by atoms with Gasteiger partial charge in [-0.25, -0.2) is 4.98 Å². The zero-order valence-electron chi connectivity index (χ0n) is 14.3. The number of hydrogen-bond donors (Lipinski definition) is 2. The highest BCUT2D eigenvalue weighted by Crippen LogP contribution is 2.72. The van der Waals surface area contributed by atoms with Crippen LogP contribution < -0.4 is 10.6 Å². The van der Waals surface area contributed by atoms with E-state index >= 15 is 0 Å². The molecule has 134 valence electrons. The van der Waals surface area contributed by atoms with E-state index in [2.05, 4.69) is 57.5 Å². The Morgan fingerprint density at radius 1 is 1.28 bits per heavy atom. The highest BCUT2D eigenvalue weighted by atomic mass is 79.9. The summed E-state index contributed by atoms with van der Waals surface area (Å²) >= 11 is 4.75. The van der Waals surface area contributed by atoms with E-state index in [1.54, 1.807) is 6.20 Å². The van der Waals surface area contributed by atoms with Gasteiger partial charge in [-0.05, 0) is 51.9 Å². The molecule has 2 saturated carbocycles. The fraction of sp³-hybridized carbons (Fsp3) is 0.611. The topological polar surface area (TPSA) is 71.1 Å². The second kappa shape index (κ2) is 6.20. The molecule has 1 spiro atoms. The van der Waals surface area contributed by atoms with Crippen LogP contribution in [0.3, 0.4) is 0 Å². The number of rotatable bonds is 5. The van der Waals surface area contributed by atoms with Crippen LogP contribution >= 0.6 is 27.3 Å². The van der Waals surface area contributed by atoms with Gasteiger partial charge in [-0.15, -0.1) is 0 Å². The third-order valence-corrected chi connectivity index (χ3v) is 7.23. The Hall–Kier alpha value is -1.21. The van der Waals surface area contributed by atoms with Crippen LogP contribution in [-0.4, -0.2) is 23.3 Å². The summed E-state index contributed by atoms with van der Waals surface area (Å²) in [7, 11) is 0. The number of allylic oxidation sites excluding steroid dienone is 2. The minimum Gasteiger partial charge on any atom is -0.356 e. The maximum Gasteiger partial charge on any atom is 0.230 e. The molecule has 2 N–H and O–H groups in total. The number of halogens is 1. The van der Waals surface area contributed by atoms with Gasteiger partial charge in [-0.3, -0.25) is 9.59 Å². The minimum absolute atomic E-state index is 0.0253. The van der Waals surface area contributed by atoms with Gasteiger partial charge in [0.2, 0.25) is 11.8 Å². The average molecular weight is 424 g/mol. The van der Waals surface area contributed by atoms with Crippen LogP contribution in [-0.2, 0) is 9.59 Å². The van der Waals surface area contributed by atoms with E-state index in [9.17, 15) is 9.59 Å². The Morgan fingerprint density at radius 3 is 2.44 bits per heavy atom. The predicted molar refractivity (Wildman–Crippen MR) is 101 cm³/mol. The number of nitrogens with zero attached hydrogens (tertiary/aromatic N) is 1. The van der Waals surface area contributed by atoms with Crippen LogP contribution in [0.1, 0.15) is 26.7 Å². The number of carbonyl (C=O) groups excluding carboxylic acids is 2. The average Bonchev–Trinajstić information content (AvgIpc) is 3.06. The van der Waals surface area contributed by atoms with Gasteiger partial charge >= 0.3 is 0 Å². The molecule has 1 aromatic heterocycles. The number of anilines is 1. The van der Waals surface area contributed by atoms with Gasteiger partial charge in [0.25, 0.3) is 0 Å². The van der Waals surface area contributed by atoms with Gasteiger partial charge in [0.05, 0.1) is 21.8 Å². The first-order valence-corrected chi connectivity index (χ1v) is 10.4. The number of amides is 2. The van der Waals surface area contributed by atoms with E-state index in [0.717, 1.165) is 16.6 Å². The zero-order valence-corrected chi connectivity index (χ0v) is 16.7. The standard InChI is InChI=1S/C18H22BrN3O2S/c1-9(2)7-20-15(23)13-10-3-4-11(18(10)5-6-18)14(13)16(24)22-17-21-8-12(19)25-17/h3-4,8-11,13-14H,5-7H2,1-2H3,(H,20,23)(H,21,22,24)/t10-,11+,13-,14-/m1/s1. The maximum absolute atomic E-state index is 13.0. The van der Waals surface area contributed by atoms with Gasteiger partial charge in [0.1, 0.15) is 0 Å². The zero-order chi connectivity index (χ0) is 17.8. The molecule has 4 atom stereocenters. The number of hydrogen-bond acceptors (Lipinski definition) is 4. The molecule has 3 aliphatic rings. The van der Waals surface area contributed by atoms with E-state index in [0.29, 0.717) is 17.6 Å². The lowest BCUT2D eigenvalue weighted by atomic mass is 9.81. The first kappa shape index (κ1) is 17.2. The number of carbonyl (C=O) groups is 2. The highest BCUT2D eigenvalue weighted by molar-refractivity contribution is 9.11. The quantitative estimate of drug-likeness (QED) is 0.712. The molecule has 0 radical (unpaired) electrons. The van der Waals surface area contributed by atoms with Gasteiger partial charge in [0.15, 0.2) is 5.13 Å². The third kappa shape index (κ3) is 2.85. The second-order valence-electron chi connectivity index (χ2n) is 7.82. The van der Waals surface area contributed by atoms with Crippen molar-refractivity contribution in [1.29, 1.82) is 0 Å². The molecule has 0 aromatic carbocycles. The molecule has 7 heteroatoms. The van der Waals surface area contributed by atoms with Crippen LogP contribution in [0, 0.1) is 35.0 Å². The Labute approximate surface area is 159 Å². The van der Waals surface area contributed by atoms with Crippen LogP contribution in [0.5, 0.6) is 0 Å². The van der Waals surface area contributed by atoms with Gasteiger partial charge in [-0.2, -0.15) is 0 Å². The van der Waals surface area contributed by atoms with Crippen LogP contribution in [0.15, 0.2) is 22.1 Å². The minimum atomic E-state index is -0.299. The lowest BCUT2D eigenvalue weighted by molar-refractivity contribution is -0.133. The fourth-order valence-corrected chi connectivity index (χ4v) is 5.74. The van der Waals surface area contributed by atoms with Crippen molar-refractivity contribution in [3.05, 3.63) is 22.1 Å². The van der Waals surface area contributed by atoms with E-state index in [1.807, 2.05) is 0 Å². The van der Waals surface area contributed by atoms with Crippen molar-refractivity contribution >= 4 is 44.2 Å². The van der Waals surface area contributed by atoms with Crippen molar-refractivity contribution in [2.75, 3.05) is 11.9 Å². The summed E-state index contributed by atoms with van der Waals surface area (Å²) in [5.74, 6) is 0.158. The van der Waals surface area contributed by atoms with Gasteiger partial charge in [0, 0.05) is 6.54 Å². The molecule has 1 heterocycles. The Bertz CT molecular complexity index is 740. The molecule has 2 amide bonds. The predicted octanol–water partition coefficient (Wildman–Crippen LogP) is 3.44. The first-order valence-electron chi connectivity index (χ1n) is 8.80. The summed E-state index contributed by atoms with van der Waals surface area (Å²) < 4.78 is 0.875. The molecular formula is C18H22BrN3O2S. The molecule has 2 fully saturated rings.